The lowest BCUT2D eigenvalue weighted by atomic mass is 9.88. The maximum absolute atomic E-state index is 5.58. The van der Waals surface area contributed by atoms with Crippen LogP contribution in [0.5, 0.6) is 0 Å². The third kappa shape index (κ3) is 4.41. The molecule has 1 N–H and O–H groups in total. The number of piperidine rings is 1. The lowest BCUT2D eigenvalue weighted by molar-refractivity contribution is -0.0823. The number of nitrogens with zero attached hydrogens (tertiary/aromatic N) is 3. The van der Waals surface area contributed by atoms with E-state index in [0.717, 1.165) is 63.9 Å². The fourth-order valence-corrected chi connectivity index (χ4v) is 4.01. The van der Waals surface area contributed by atoms with E-state index in [2.05, 4.69) is 33.4 Å². The SMILES string of the molecule is CN1CCC(NC2(Cc3cc(CN4CCOCC4)on3)COC2)CC1. The van der Waals surface area contributed by atoms with Crippen LogP contribution >= 0.6 is 0 Å². The summed E-state index contributed by atoms with van der Waals surface area (Å²) in [7, 11) is 2.20. The van der Waals surface area contributed by atoms with Gasteiger partial charge in [0, 0.05) is 31.6 Å². The molecule has 1 aromatic rings. The van der Waals surface area contributed by atoms with Gasteiger partial charge in [-0.05, 0) is 33.0 Å². The Morgan fingerprint density at radius 2 is 1.92 bits per heavy atom. The third-order valence-electron chi connectivity index (χ3n) is 5.60. The first kappa shape index (κ1) is 17.4. The molecule has 0 atom stereocenters. The minimum atomic E-state index is 0.0354. The first-order valence-corrected chi connectivity index (χ1v) is 9.49. The molecule has 0 aromatic carbocycles. The first-order chi connectivity index (χ1) is 12.2. The van der Waals surface area contributed by atoms with Gasteiger partial charge in [0.25, 0.3) is 0 Å². The van der Waals surface area contributed by atoms with Crippen molar-refractivity contribution in [2.75, 3.05) is 59.7 Å². The summed E-state index contributed by atoms with van der Waals surface area (Å²) < 4.78 is 16.5. The highest BCUT2D eigenvalue weighted by Gasteiger charge is 2.41. The zero-order chi connectivity index (χ0) is 17.1. The molecule has 3 fully saturated rings. The van der Waals surface area contributed by atoms with Crippen LogP contribution in [0.2, 0.25) is 0 Å². The van der Waals surface area contributed by atoms with Crippen molar-refractivity contribution in [3.63, 3.8) is 0 Å². The fourth-order valence-electron chi connectivity index (χ4n) is 4.01. The van der Waals surface area contributed by atoms with E-state index in [0.29, 0.717) is 6.04 Å². The molecule has 0 amide bonds. The summed E-state index contributed by atoms with van der Waals surface area (Å²) in [5.74, 6) is 0.951. The molecule has 3 aliphatic heterocycles. The molecule has 3 aliphatic rings. The van der Waals surface area contributed by atoms with E-state index < -0.39 is 0 Å². The fraction of sp³-hybridized carbons (Fsp3) is 0.833. The van der Waals surface area contributed by atoms with Crippen molar-refractivity contribution in [2.24, 2.45) is 0 Å². The van der Waals surface area contributed by atoms with E-state index in [1.54, 1.807) is 0 Å². The Hall–Kier alpha value is -0.990. The van der Waals surface area contributed by atoms with Gasteiger partial charge in [-0.3, -0.25) is 4.90 Å². The number of rotatable bonds is 6. The molecule has 0 saturated carbocycles. The summed E-state index contributed by atoms with van der Waals surface area (Å²) in [5, 5.41) is 8.19. The molecular weight excluding hydrogens is 320 g/mol. The zero-order valence-corrected chi connectivity index (χ0v) is 15.2. The molecule has 0 aliphatic carbocycles. The molecule has 1 aromatic heterocycles. The molecule has 25 heavy (non-hydrogen) atoms. The Bertz CT molecular complexity index is 546. The van der Waals surface area contributed by atoms with Gasteiger partial charge in [-0.15, -0.1) is 0 Å². The van der Waals surface area contributed by atoms with Gasteiger partial charge in [0.05, 0.1) is 44.2 Å². The van der Waals surface area contributed by atoms with Gasteiger partial charge < -0.3 is 24.2 Å². The highest BCUT2D eigenvalue weighted by molar-refractivity contribution is 5.13. The van der Waals surface area contributed by atoms with Crippen LogP contribution in [0.3, 0.4) is 0 Å². The van der Waals surface area contributed by atoms with Crippen molar-refractivity contribution in [1.29, 1.82) is 0 Å². The summed E-state index contributed by atoms with van der Waals surface area (Å²) in [4.78, 5) is 4.75. The van der Waals surface area contributed by atoms with Crippen molar-refractivity contribution in [3.8, 4) is 0 Å². The van der Waals surface area contributed by atoms with E-state index in [9.17, 15) is 0 Å². The number of hydrogen-bond acceptors (Lipinski definition) is 7. The molecule has 140 valence electrons. The molecule has 7 nitrogen and oxygen atoms in total. The van der Waals surface area contributed by atoms with Crippen LogP contribution in [0, 0.1) is 0 Å². The Morgan fingerprint density at radius 1 is 1.16 bits per heavy atom. The first-order valence-electron chi connectivity index (χ1n) is 9.49. The monoisotopic (exact) mass is 350 g/mol. The standard InChI is InChI=1S/C18H30N4O3/c1-21-4-2-15(3-5-21)19-18(13-24-14-18)11-16-10-17(25-20-16)12-22-6-8-23-9-7-22/h10,15,19H,2-9,11-14H2,1H3. The average Bonchev–Trinajstić information content (AvgIpc) is 3.02. The van der Waals surface area contributed by atoms with Gasteiger partial charge in [0.2, 0.25) is 0 Å². The topological polar surface area (TPSA) is 63.0 Å². The van der Waals surface area contributed by atoms with Crippen LogP contribution in [0.1, 0.15) is 24.3 Å². The van der Waals surface area contributed by atoms with Gasteiger partial charge >= 0.3 is 0 Å². The van der Waals surface area contributed by atoms with Gasteiger partial charge in [0.15, 0.2) is 5.76 Å². The highest BCUT2D eigenvalue weighted by atomic mass is 16.5. The second-order valence-electron chi connectivity index (χ2n) is 7.84. The molecule has 0 radical (unpaired) electrons. The van der Waals surface area contributed by atoms with Gasteiger partial charge in [-0.25, -0.2) is 0 Å². The van der Waals surface area contributed by atoms with E-state index in [4.69, 9.17) is 14.0 Å². The summed E-state index contributed by atoms with van der Waals surface area (Å²) in [6, 6.07) is 2.70. The maximum Gasteiger partial charge on any atom is 0.150 e. The number of hydrogen-bond donors (Lipinski definition) is 1. The Kier molecular flexibility index (Phi) is 5.38. The molecule has 0 spiro atoms. The largest absolute Gasteiger partial charge is 0.379 e. The Balaban J connectivity index is 1.32. The van der Waals surface area contributed by atoms with E-state index in [1.165, 1.54) is 25.9 Å². The molecule has 3 saturated heterocycles. The van der Waals surface area contributed by atoms with E-state index >= 15 is 0 Å². The van der Waals surface area contributed by atoms with Crippen LogP contribution in [-0.4, -0.2) is 86.2 Å². The number of morpholine rings is 1. The molecule has 0 bridgehead atoms. The van der Waals surface area contributed by atoms with Gasteiger partial charge in [0.1, 0.15) is 0 Å². The molecule has 7 heteroatoms. The quantitative estimate of drug-likeness (QED) is 0.802. The molecular formula is C18H30N4O3. The van der Waals surface area contributed by atoms with Crippen molar-refractivity contribution in [1.82, 2.24) is 20.3 Å². The molecule has 4 heterocycles. The van der Waals surface area contributed by atoms with Crippen molar-refractivity contribution in [3.05, 3.63) is 17.5 Å². The number of ether oxygens (including phenoxy) is 2. The summed E-state index contributed by atoms with van der Waals surface area (Å²) in [5.41, 5.74) is 1.07. The minimum absolute atomic E-state index is 0.0354. The van der Waals surface area contributed by atoms with Crippen LogP contribution in [0.4, 0.5) is 0 Å². The summed E-state index contributed by atoms with van der Waals surface area (Å²) >= 11 is 0. The van der Waals surface area contributed by atoms with Gasteiger partial charge in [-0.2, -0.15) is 0 Å². The lowest BCUT2D eigenvalue weighted by Crippen LogP contribution is -2.65. The highest BCUT2D eigenvalue weighted by Crippen LogP contribution is 2.25. The Morgan fingerprint density at radius 3 is 2.60 bits per heavy atom. The number of nitrogens with one attached hydrogen (secondary N) is 1. The predicted octanol–water partition coefficient (Wildman–Crippen LogP) is 0.502. The number of aromatic nitrogens is 1. The van der Waals surface area contributed by atoms with Gasteiger partial charge in [-0.1, -0.05) is 5.16 Å². The summed E-state index contributed by atoms with van der Waals surface area (Å²) in [6.07, 6.45) is 3.30. The zero-order valence-electron chi connectivity index (χ0n) is 15.2. The normalized spacial score (nSPS) is 25.8. The van der Waals surface area contributed by atoms with Crippen LogP contribution in [-0.2, 0) is 22.4 Å². The van der Waals surface area contributed by atoms with Crippen LogP contribution in [0.15, 0.2) is 10.6 Å². The van der Waals surface area contributed by atoms with E-state index in [-0.39, 0.29) is 5.54 Å². The average molecular weight is 350 g/mol. The van der Waals surface area contributed by atoms with E-state index in [1.807, 2.05) is 0 Å². The predicted molar refractivity (Wildman–Crippen MR) is 93.5 cm³/mol. The summed E-state index contributed by atoms with van der Waals surface area (Å²) in [6.45, 7) is 8.24. The molecule has 4 rings (SSSR count). The maximum atomic E-state index is 5.58. The van der Waals surface area contributed by atoms with Crippen molar-refractivity contribution in [2.45, 2.75) is 37.4 Å². The van der Waals surface area contributed by atoms with Crippen LogP contribution < -0.4 is 5.32 Å². The van der Waals surface area contributed by atoms with Crippen LogP contribution in [0.25, 0.3) is 0 Å². The smallest absolute Gasteiger partial charge is 0.150 e. The Labute approximate surface area is 149 Å². The lowest BCUT2D eigenvalue weighted by Gasteiger charge is -2.45. The van der Waals surface area contributed by atoms with Crippen molar-refractivity contribution >= 4 is 0 Å². The second-order valence-corrected chi connectivity index (χ2v) is 7.84. The third-order valence-corrected chi connectivity index (χ3v) is 5.60. The number of likely N-dealkylation sites (tertiary alicyclic amines) is 1. The minimum Gasteiger partial charge on any atom is -0.379 e. The molecule has 0 unspecified atom stereocenters. The second kappa shape index (κ2) is 7.72. The van der Waals surface area contributed by atoms with Crippen molar-refractivity contribution < 1.29 is 14.0 Å².